The van der Waals surface area contributed by atoms with Crippen LogP contribution in [0.4, 0.5) is 22.0 Å². The molecule has 0 saturated carbocycles. The molecule has 0 radical (unpaired) electrons. The molecule has 5 aromatic rings. The number of benzene rings is 2. The number of aromatic nitrogens is 5. The molecule has 2 N–H and O–H groups in total. The van der Waals surface area contributed by atoms with E-state index in [4.69, 9.17) is 18.9 Å². The van der Waals surface area contributed by atoms with Crippen molar-refractivity contribution >= 4 is 45.7 Å². The number of likely N-dealkylation sites (tertiary alicyclic amines) is 1. The number of ether oxygens (including phenoxy) is 4. The number of nitrogens with zero attached hydrogens (tertiary/aromatic N) is 6. The van der Waals surface area contributed by atoms with Gasteiger partial charge in [0.25, 0.3) is 0 Å². The Morgan fingerprint density at radius 2 is 1.76 bits per heavy atom. The number of amides is 2. The van der Waals surface area contributed by atoms with Crippen molar-refractivity contribution in [2.24, 2.45) is 0 Å². The van der Waals surface area contributed by atoms with Gasteiger partial charge in [0, 0.05) is 42.4 Å². The Hall–Kier alpha value is -5.92. The maximum Gasteiger partial charge on any atom is 0.410 e. The van der Waals surface area contributed by atoms with E-state index < -0.39 is 11.7 Å². The van der Waals surface area contributed by atoms with E-state index in [1.54, 1.807) is 59.1 Å². The molecule has 2 aromatic carbocycles. The van der Waals surface area contributed by atoms with Crippen LogP contribution in [0.15, 0.2) is 67.4 Å². The lowest BCUT2D eigenvalue weighted by Gasteiger charge is -2.27. The van der Waals surface area contributed by atoms with Crippen LogP contribution in [0.1, 0.15) is 39.2 Å². The first-order valence-corrected chi connectivity index (χ1v) is 15.8. The molecule has 2 amide bonds. The number of hydrogen-bond donors (Lipinski definition) is 2. The average molecular weight is 667 g/mol. The Bertz CT molecular complexity index is 2050. The summed E-state index contributed by atoms with van der Waals surface area (Å²) in [6.07, 6.45) is 9.03. The largest absolute Gasteiger partial charge is 0.494 e. The third-order valence-electron chi connectivity index (χ3n) is 7.84. The summed E-state index contributed by atoms with van der Waals surface area (Å²) in [5.74, 6) is 2.27. The van der Waals surface area contributed by atoms with Gasteiger partial charge >= 0.3 is 6.09 Å². The minimum atomic E-state index is -0.605. The molecular formula is C35H38N8O6. The molecule has 1 aliphatic heterocycles. The van der Waals surface area contributed by atoms with Gasteiger partial charge in [-0.3, -0.25) is 4.79 Å². The van der Waals surface area contributed by atoms with Crippen LogP contribution in [0.3, 0.4) is 0 Å². The predicted octanol–water partition coefficient (Wildman–Crippen LogP) is 6.43. The van der Waals surface area contributed by atoms with Crippen molar-refractivity contribution < 1.29 is 28.5 Å². The molecule has 1 atom stereocenters. The van der Waals surface area contributed by atoms with Crippen molar-refractivity contribution in [2.45, 2.75) is 52.2 Å². The van der Waals surface area contributed by atoms with Crippen LogP contribution >= 0.6 is 0 Å². The Balaban J connectivity index is 1.22. The number of pyridine rings is 1. The molecular weight excluding hydrogens is 628 g/mol. The second-order valence-electron chi connectivity index (χ2n) is 12.5. The maximum atomic E-state index is 13.1. The van der Waals surface area contributed by atoms with Gasteiger partial charge in [0.15, 0.2) is 5.65 Å². The number of hydrogen-bond acceptors (Lipinski definition) is 11. The summed E-state index contributed by atoms with van der Waals surface area (Å²) in [4.78, 5) is 40.6. The van der Waals surface area contributed by atoms with E-state index in [1.165, 1.54) is 25.8 Å². The SMILES string of the molecule is COc1cc2ncnc(Nc3cc(C)c(Oc4ccn5ncnc5c4)cc3OC)c2cc1NC(=O)C=CC1CCCN1C(=O)OC(C)(C)C. The normalized spacial score (nSPS) is 14.7. The molecule has 0 spiro atoms. The lowest BCUT2D eigenvalue weighted by molar-refractivity contribution is -0.112. The summed E-state index contributed by atoms with van der Waals surface area (Å²) < 4.78 is 24.7. The lowest BCUT2D eigenvalue weighted by Crippen LogP contribution is -2.39. The van der Waals surface area contributed by atoms with E-state index in [0.29, 0.717) is 63.3 Å². The first-order chi connectivity index (χ1) is 23.5. The molecule has 1 unspecified atom stereocenters. The minimum Gasteiger partial charge on any atom is -0.494 e. The monoisotopic (exact) mass is 666 g/mol. The van der Waals surface area contributed by atoms with Gasteiger partial charge in [-0.2, -0.15) is 5.10 Å². The average Bonchev–Trinajstić information content (AvgIpc) is 3.74. The van der Waals surface area contributed by atoms with E-state index in [0.717, 1.165) is 18.4 Å². The van der Waals surface area contributed by atoms with Gasteiger partial charge in [-0.05, 0) is 64.3 Å². The highest BCUT2D eigenvalue weighted by molar-refractivity contribution is 6.03. The van der Waals surface area contributed by atoms with Crippen molar-refractivity contribution in [2.75, 3.05) is 31.4 Å². The van der Waals surface area contributed by atoms with Gasteiger partial charge in [0.05, 0.1) is 37.2 Å². The molecule has 0 aliphatic carbocycles. The molecule has 3 aromatic heterocycles. The third kappa shape index (κ3) is 7.48. The number of carbonyl (C=O) groups excluding carboxylic acids is 2. The summed E-state index contributed by atoms with van der Waals surface area (Å²) in [7, 11) is 3.09. The van der Waals surface area contributed by atoms with Crippen LogP contribution in [0, 0.1) is 6.92 Å². The van der Waals surface area contributed by atoms with Gasteiger partial charge in [-0.15, -0.1) is 0 Å². The van der Waals surface area contributed by atoms with E-state index in [2.05, 4.69) is 30.7 Å². The van der Waals surface area contributed by atoms with E-state index in [9.17, 15) is 9.59 Å². The van der Waals surface area contributed by atoms with Crippen LogP contribution in [-0.2, 0) is 9.53 Å². The van der Waals surface area contributed by atoms with Crippen molar-refractivity contribution in [3.05, 3.63) is 73.0 Å². The van der Waals surface area contributed by atoms with Gasteiger partial charge in [-0.1, -0.05) is 6.08 Å². The van der Waals surface area contributed by atoms with Crippen LogP contribution < -0.4 is 24.8 Å². The van der Waals surface area contributed by atoms with Crippen LogP contribution in [0.2, 0.25) is 0 Å². The van der Waals surface area contributed by atoms with Gasteiger partial charge in [0.2, 0.25) is 5.91 Å². The summed E-state index contributed by atoms with van der Waals surface area (Å²) >= 11 is 0. The quantitative estimate of drug-likeness (QED) is 0.167. The third-order valence-corrected chi connectivity index (χ3v) is 7.84. The van der Waals surface area contributed by atoms with Gasteiger partial charge in [0.1, 0.15) is 47.1 Å². The zero-order valence-corrected chi connectivity index (χ0v) is 28.2. The van der Waals surface area contributed by atoms with E-state index >= 15 is 0 Å². The molecule has 1 aliphatic rings. The minimum absolute atomic E-state index is 0.240. The Kier molecular flexibility index (Phi) is 9.20. The van der Waals surface area contributed by atoms with Crippen molar-refractivity contribution in [1.82, 2.24) is 29.5 Å². The van der Waals surface area contributed by atoms with Gasteiger partial charge in [-0.25, -0.2) is 24.3 Å². The van der Waals surface area contributed by atoms with Crippen molar-refractivity contribution in [3.63, 3.8) is 0 Å². The number of fused-ring (bicyclic) bond motifs is 2. The van der Waals surface area contributed by atoms with Crippen LogP contribution in [0.25, 0.3) is 16.6 Å². The fraction of sp³-hybridized carbons (Fsp3) is 0.314. The van der Waals surface area contributed by atoms with E-state index in [1.807, 2.05) is 33.8 Å². The number of aryl methyl sites for hydroxylation is 1. The summed E-state index contributed by atoms with van der Waals surface area (Å²) in [6.45, 7) is 7.98. The summed E-state index contributed by atoms with van der Waals surface area (Å²) in [6, 6.07) is 10.5. The van der Waals surface area contributed by atoms with Crippen LogP contribution in [0.5, 0.6) is 23.0 Å². The molecule has 6 rings (SSSR count). The zero-order chi connectivity index (χ0) is 34.7. The predicted molar refractivity (Wildman–Crippen MR) is 184 cm³/mol. The lowest BCUT2D eigenvalue weighted by atomic mass is 10.1. The fourth-order valence-corrected chi connectivity index (χ4v) is 5.52. The van der Waals surface area contributed by atoms with Crippen molar-refractivity contribution in [3.8, 4) is 23.0 Å². The summed E-state index contributed by atoms with van der Waals surface area (Å²) in [5, 5.41) is 11.0. The molecule has 14 nitrogen and oxygen atoms in total. The standard InChI is InChI=1S/C35H38N8O6/c1-21-14-26(30(47-6)18-28(21)48-23-11-13-43-31(15-23)37-20-39-43)41-33-24-16-27(29(46-5)17-25(24)36-19-38-33)40-32(44)10-9-22-8-7-12-42(22)34(45)49-35(2,3)4/h9-11,13-20,22H,7-8,12H2,1-6H3,(H,40,44)(H,36,38,41). The molecule has 14 heteroatoms. The zero-order valence-electron chi connectivity index (χ0n) is 28.2. The number of carbonyl (C=O) groups is 2. The topological polar surface area (TPSA) is 154 Å². The first-order valence-electron chi connectivity index (χ1n) is 15.8. The number of nitrogens with one attached hydrogen (secondary N) is 2. The highest BCUT2D eigenvalue weighted by Gasteiger charge is 2.30. The highest BCUT2D eigenvalue weighted by Crippen LogP contribution is 2.39. The first kappa shape index (κ1) is 33.0. The Labute approximate surface area is 283 Å². The van der Waals surface area contributed by atoms with Gasteiger partial charge < -0.3 is 34.5 Å². The molecule has 1 saturated heterocycles. The highest BCUT2D eigenvalue weighted by atomic mass is 16.6. The van der Waals surface area contributed by atoms with E-state index in [-0.39, 0.29) is 11.9 Å². The smallest absolute Gasteiger partial charge is 0.410 e. The second-order valence-corrected chi connectivity index (χ2v) is 12.5. The number of rotatable bonds is 9. The Morgan fingerprint density at radius 1 is 0.959 bits per heavy atom. The number of anilines is 3. The molecule has 49 heavy (non-hydrogen) atoms. The fourth-order valence-electron chi connectivity index (χ4n) is 5.52. The van der Waals surface area contributed by atoms with Crippen molar-refractivity contribution in [1.29, 1.82) is 0 Å². The maximum absolute atomic E-state index is 13.1. The molecule has 254 valence electrons. The number of methoxy groups -OCH3 is 2. The molecule has 0 bridgehead atoms. The second kappa shape index (κ2) is 13.7. The Morgan fingerprint density at radius 3 is 2.53 bits per heavy atom. The van der Waals surface area contributed by atoms with Crippen LogP contribution in [-0.4, -0.2) is 73.9 Å². The summed E-state index contributed by atoms with van der Waals surface area (Å²) in [5.41, 5.74) is 2.58. The molecule has 1 fully saturated rings. The molecule has 4 heterocycles.